The minimum Gasteiger partial charge on any atom is -0.481 e. The Morgan fingerprint density at radius 2 is 1.01 bits per heavy atom. The molecule has 29 atom stereocenters. The fourth-order valence-corrected chi connectivity index (χ4v) is 16.6. The summed E-state index contributed by atoms with van der Waals surface area (Å²) in [4.78, 5) is 13.3. The number of aliphatic carboxylic acids is 1. The molecule has 448 valence electrons. The second-order valence-corrected chi connectivity index (χ2v) is 26.1. The molecule has 1 unspecified atom stereocenters. The molecule has 0 aromatic rings. The van der Waals surface area contributed by atoms with Gasteiger partial charge in [0.15, 0.2) is 25.2 Å². The molecule has 9 aliphatic rings. The van der Waals surface area contributed by atoms with Gasteiger partial charge in [-0.2, -0.15) is 0 Å². The summed E-state index contributed by atoms with van der Waals surface area (Å²) in [5.74, 6) is -0.851. The maximum absolute atomic E-state index is 13.3. The van der Waals surface area contributed by atoms with Crippen LogP contribution in [0.2, 0.25) is 0 Å². The first-order valence-electron chi connectivity index (χ1n) is 28.0. The third kappa shape index (κ3) is 9.76. The van der Waals surface area contributed by atoms with Gasteiger partial charge in [0.25, 0.3) is 0 Å². The summed E-state index contributed by atoms with van der Waals surface area (Å²) < 4.78 is 48.8. The van der Waals surface area contributed by atoms with Crippen LogP contribution in [0.1, 0.15) is 106 Å². The van der Waals surface area contributed by atoms with Crippen molar-refractivity contribution in [3.05, 3.63) is 11.6 Å². The van der Waals surface area contributed by atoms with Crippen molar-refractivity contribution in [1.29, 1.82) is 0 Å². The molecule has 5 aliphatic carbocycles. The summed E-state index contributed by atoms with van der Waals surface area (Å²) in [6.07, 6.45) is -28.4. The maximum Gasteiger partial charge on any atom is 0.310 e. The number of hydrogen-bond donors (Lipinski definition) is 15. The lowest BCUT2D eigenvalue weighted by Gasteiger charge is -2.71. The lowest BCUT2D eigenvalue weighted by molar-refractivity contribution is -0.405. The van der Waals surface area contributed by atoms with Crippen molar-refractivity contribution in [2.75, 3.05) is 33.0 Å². The topological polar surface area (TPSA) is 394 Å². The Morgan fingerprint density at radius 3 is 1.55 bits per heavy atom. The van der Waals surface area contributed by atoms with Crippen molar-refractivity contribution in [2.24, 2.45) is 50.2 Å². The van der Waals surface area contributed by atoms with E-state index in [9.17, 15) is 81.4 Å². The number of ether oxygens (including phenoxy) is 8. The molecule has 0 spiro atoms. The Kier molecular flexibility index (Phi) is 17.5. The summed E-state index contributed by atoms with van der Waals surface area (Å²) in [7, 11) is 0. The monoisotopic (exact) mass is 1120 g/mol. The Morgan fingerprint density at radius 1 is 0.526 bits per heavy atom. The van der Waals surface area contributed by atoms with Crippen LogP contribution in [0.15, 0.2) is 11.6 Å². The molecule has 78 heavy (non-hydrogen) atoms. The summed E-state index contributed by atoms with van der Waals surface area (Å²) in [5, 5.41) is 163. The van der Waals surface area contributed by atoms with Crippen molar-refractivity contribution in [3.8, 4) is 0 Å². The molecule has 0 aromatic heterocycles. The predicted molar refractivity (Wildman–Crippen MR) is 265 cm³/mol. The summed E-state index contributed by atoms with van der Waals surface area (Å²) in [5.41, 5.74) is -1.47. The average molecular weight is 1120 g/mol. The van der Waals surface area contributed by atoms with Crippen LogP contribution in [0.3, 0.4) is 0 Å². The van der Waals surface area contributed by atoms with Gasteiger partial charge in [-0.25, -0.2) is 0 Å². The van der Waals surface area contributed by atoms with E-state index < -0.39 is 172 Å². The van der Waals surface area contributed by atoms with Crippen LogP contribution in [0.5, 0.6) is 0 Å². The van der Waals surface area contributed by atoms with Gasteiger partial charge in [-0.3, -0.25) is 4.79 Å². The fourth-order valence-electron chi connectivity index (χ4n) is 16.6. The highest BCUT2D eigenvalue weighted by Gasteiger charge is 2.70. The molecule has 15 N–H and O–H groups in total. The van der Waals surface area contributed by atoms with Crippen molar-refractivity contribution >= 4 is 5.97 Å². The molecular weight excluding hydrogens is 1030 g/mol. The Labute approximate surface area is 453 Å². The molecule has 9 rings (SSSR count). The first kappa shape index (κ1) is 60.9. The zero-order valence-corrected chi connectivity index (χ0v) is 45.4. The van der Waals surface area contributed by atoms with Gasteiger partial charge in [0, 0.05) is 5.41 Å². The second-order valence-electron chi connectivity index (χ2n) is 26.1. The zero-order chi connectivity index (χ0) is 57.0. The Bertz CT molecular complexity index is 2130. The summed E-state index contributed by atoms with van der Waals surface area (Å²) >= 11 is 0. The van der Waals surface area contributed by atoms with E-state index >= 15 is 0 Å². The van der Waals surface area contributed by atoms with Crippen LogP contribution >= 0.6 is 0 Å². The molecule has 4 heterocycles. The number of carboxylic acid groups (broad SMARTS) is 1. The van der Waals surface area contributed by atoms with Gasteiger partial charge in [0.1, 0.15) is 97.7 Å². The minimum absolute atomic E-state index is 0.0105. The Hall–Kier alpha value is -1.67. The normalized spacial score (nSPS) is 54.2. The van der Waals surface area contributed by atoms with Crippen molar-refractivity contribution in [1.82, 2.24) is 0 Å². The van der Waals surface area contributed by atoms with Crippen LogP contribution in [0, 0.1) is 50.2 Å². The van der Waals surface area contributed by atoms with Gasteiger partial charge in [-0.1, -0.05) is 53.2 Å². The molecule has 4 saturated carbocycles. The first-order valence-corrected chi connectivity index (χ1v) is 28.0. The highest BCUT2D eigenvalue weighted by molar-refractivity contribution is 5.76. The number of rotatable bonds is 14. The molecule has 4 saturated heterocycles. The maximum atomic E-state index is 13.3. The molecular formula is C54H88O24. The lowest BCUT2D eigenvalue weighted by Crippen LogP contribution is -2.69. The van der Waals surface area contributed by atoms with Gasteiger partial charge < -0.3 is 114 Å². The quantitative estimate of drug-likeness (QED) is 0.0632. The van der Waals surface area contributed by atoms with E-state index in [1.54, 1.807) is 0 Å². The van der Waals surface area contributed by atoms with Gasteiger partial charge in [0.2, 0.25) is 0 Å². The van der Waals surface area contributed by atoms with Gasteiger partial charge in [0.05, 0.1) is 44.6 Å². The van der Waals surface area contributed by atoms with Crippen LogP contribution in [-0.2, 0) is 42.7 Å². The van der Waals surface area contributed by atoms with Crippen LogP contribution in [-0.4, -0.2) is 245 Å². The zero-order valence-electron chi connectivity index (χ0n) is 45.4. The van der Waals surface area contributed by atoms with Gasteiger partial charge in [-0.05, 0) is 104 Å². The number of hydrogen-bond acceptors (Lipinski definition) is 23. The number of carbonyl (C=O) groups is 1. The molecule has 0 radical (unpaired) electrons. The molecule has 4 aliphatic heterocycles. The standard InChI is InChI=1S/C54H88O24/c1-49(2)13-15-54(48(69)70)16-14-52(5)23(24(54)17-49)7-8-30-50(3)11-10-31(51(4,22-59)29(50)9-12-53(30,52)6)75-47-43(78-45-39(67)37(65)33(61)26(19-56)72-45)42(35(63)28(21-58)74-47)77-46-40(68)41(34(62)27(20-57)73-46)76-44-38(66)36(64)32(60)25(18-55)71-44/h7,24-47,55-68H,8-22H2,1-6H3,(H,69,70)/t24-,25-,26-,27-,28-,29?,30-,31+,32-,33-,34-,35-,36+,37+,38-,39-,40-,41+,42+,43-,44+,45+,46+,47+,50+,51+,52-,53-,54+/m1/s1. The van der Waals surface area contributed by atoms with E-state index in [2.05, 4.69) is 40.7 Å². The van der Waals surface area contributed by atoms with Gasteiger partial charge in [-0.15, -0.1) is 0 Å². The van der Waals surface area contributed by atoms with Crippen LogP contribution in [0.25, 0.3) is 0 Å². The lowest BCUT2D eigenvalue weighted by atomic mass is 9.33. The van der Waals surface area contributed by atoms with E-state index in [0.717, 1.165) is 32.1 Å². The highest BCUT2D eigenvalue weighted by Crippen LogP contribution is 2.76. The molecule has 8 fully saturated rings. The smallest absolute Gasteiger partial charge is 0.310 e. The number of aliphatic hydroxyl groups excluding tert-OH is 14. The Balaban J connectivity index is 1.03. The molecule has 0 bridgehead atoms. The third-order valence-electron chi connectivity index (χ3n) is 21.6. The van der Waals surface area contributed by atoms with E-state index in [1.807, 2.05) is 6.92 Å². The number of aliphatic hydroxyl groups is 14. The highest BCUT2D eigenvalue weighted by atomic mass is 16.8. The number of allylic oxidation sites excluding steroid dienone is 2. The fraction of sp³-hybridized carbons (Fsp3) is 0.944. The van der Waals surface area contributed by atoms with E-state index in [0.29, 0.717) is 32.1 Å². The first-order chi connectivity index (χ1) is 36.6. The van der Waals surface area contributed by atoms with E-state index in [1.165, 1.54) is 5.57 Å². The van der Waals surface area contributed by atoms with Crippen molar-refractivity contribution < 1.29 is 119 Å². The summed E-state index contributed by atoms with van der Waals surface area (Å²) in [6, 6.07) is 0. The second kappa shape index (κ2) is 22.4. The molecule has 0 amide bonds. The minimum atomic E-state index is -2.12. The predicted octanol–water partition coefficient (Wildman–Crippen LogP) is -2.50. The van der Waals surface area contributed by atoms with Crippen LogP contribution in [0.4, 0.5) is 0 Å². The van der Waals surface area contributed by atoms with E-state index in [4.69, 9.17) is 37.9 Å². The number of carboxylic acids is 1. The largest absolute Gasteiger partial charge is 0.481 e. The molecule has 24 nitrogen and oxygen atoms in total. The van der Waals surface area contributed by atoms with Crippen molar-refractivity contribution in [2.45, 2.75) is 235 Å². The summed E-state index contributed by atoms with van der Waals surface area (Å²) in [6.45, 7) is 9.56. The molecule has 0 aromatic carbocycles. The SMILES string of the molecule is CC1(C)CC[C@]2(C(=O)O)CC[C@]3(C)C(=CC[C@@H]4[C@@]5(C)CC[C@H](O[C@@H]6O[C@H](CO)[C@@H](O)[C@H](O[C@@H]7O[C@H](CO)[C@@H](O)[C@H](O[C@@H]8O[C@H](CO)[C@@H](O)[C@H](O)[C@H]8O)[C@H]7O)[C@H]6O[C@@H]6O[C@H](CO)[C@@H](O)[C@H](O)[C@H]6O)[C@@](C)(CO)C5CC[C@]43C)[C@H]2C1. The molecule has 24 heteroatoms. The van der Waals surface area contributed by atoms with Crippen LogP contribution < -0.4 is 0 Å². The van der Waals surface area contributed by atoms with E-state index in [-0.39, 0.29) is 46.0 Å². The van der Waals surface area contributed by atoms with Gasteiger partial charge >= 0.3 is 5.97 Å². The number of fused-ring (bicyclic) bond motifs is 7. The average Bonchev–Trinajstić information content (AvgIpc) is 3.52. The van der Waals surface area contributed by atoms with Crippen molar-refractivity contribution in [3.63, 3.8) is 0 Å². The third-order valence-corrected chi connectivity index (χ3v) is 21.6.